The standard InChI is InChI=1S/C39H48FN5O3S/c1-5-41-49(47,48)36-16-13-26(2)37(27(36)3)38(46)43-20-17-39(18-21-43,29-9-8-10-30(40)23-29)19-22-44-31-14-15-32(44)25-33(24-31)45-28(4)42-34-11-6-7-12-35(34)45/h6-13,16,23,31-33,41H,5,14-15,17-22,24-25H2,1-4H3/t31-,32+,33?. The average Bonchev–Trinajstić information content (AvgIpc) is 3.53. The van der Waals surface area contributed by atoms with Gasteiger partial charge in [0.05, 0.1) is 15.9 Å². The van der Waals surface area contributed by atoms with E-state index >= 15 is 0 Å². The van der Waals surface area contributed by atoms with Crippen molar-refractivity contribution in [1.82, 2.24) is 24.1 Å². The Labute approximate surface area is 289 Å². The summed E-state index contributed by atoms with van der Waals surface area (Å²) in [5.74, 6) is 0.713. The van der Waals surface area contributed by atoms with E-state index in [2.05, 4.69) is 51.4 Å². The van der Waals surface area contributed by atoms with Crippen molar-refractivity contribution in [1.29, 1.82) is 0 Å². The van der Waals surface area contributed by atoms with Crippen molar-refractivity contribution >= 4 is 27.0 Å². The maximum absolute atomic E-state index is 14.7. The number of benzene rings is 3. The lowest BCUT2D eigenvalue weighted by Crippen LogP contribution is -2.49. The van der Waals surface area contributed by atoms with E-state index in [1.807, 2.05) is 11.8 Å². The van der Waals surface area contributed by atoms with E-state index in [0.29, 0.717) is 42.3 Å². The van der Waals surface area contributed by atoms with Crippen molar-refractivity contribution < 1.29 is 17.6 Å². The van der Waals surface area contributed by atoms with Crippen molar-refractivity contribution in [3.05, 3.63) is 94.6 Å². The largest absolute Gasteiger partial charge is 0.339 e. The molecule has 0 spiro atoms. The molecule has 260 valence electrons. The van der Waals surface area contributed by atoms with Crippen molar-refractivity contribution in [3.63, 3.8) is 0 Å². The molecular formula is C39H48FN5O3S. The van der Waals surface area contributed by atoms with E-state index in [9.17, 15) is 17.6 Å². The molecule has 0 aliphatic carbocycles. The van der Waals surface area contributed by atoms with E-state index < -0.39 is 10.0 Å². The van der Waals surface area contributed by atoms with Crippen LogP contribution in [0, 0.1) is 26.6 Å². The summed E-state index contributed by atoms with van der Waals surface area (Å²) in [5.41, 5.74) is 4.73. The second kappa shape index (κ2) is 13.3. The first-order chi connectivity index (χ1) is 23.5. The highest BCUT2D eigenvalue weighted by Gasteiger charge is 2.44. The number of nitrogens with zero attached hydrogens (tertiary/aromatic N) is 4. The van der Waals surface area contributed by atoms with Gasteiger partial charge in [-0.1, -0.05) is 37.3 Å². The number of aromatic nitrogens is 2. The van der Waals surface area contributed by atoms with Gasteiger partial charge >= 0.3 is 0 Å². The number of carbonyl (C=O) groups excluding carboxylic acids is 1. The zero-order valence-electron chi connectivity index (χ0n) is 29.1. The second-order valence-corrected chi connectivity index (χ2v) is 16.2. The first-order valence-electron chi connectivity index (χ1n) is 17.9. The Balaban J connectivity index is 1.09. The summed E-state index contributed by atoms with van der Waals surface area (Å²) in [6, 6.07) is 20.2. The monoisotopic (exact) mass is 685 g/mol. The number of fused-ring (bicyclic) bond motifs is 3. The molecule has 1 aromatic heterocycles. The number of sulfonamides is 1. The number of hydrogen-bond donors (Lipinski definition) is 1. The van der Waals surface area contributed by atoms with Gasteiger partial charge in [-0.15, -0.1) is 0 Å². The van der Waals surface area contributed by atoms with Gasteiger partial charge in [-0.2, -0.15) is 0 Å². The number of piperidine rings is 2. The number of imidazole rings is 1. The van der Waals surface area contributed by atoms with Gasteiger partial charge in [0.1, 0.15) is 11.6 Å². The molecule has 1 unspecified atom stereocenters. The number of nitrogens with one attached hydrogen (secondary N) is 1. The lowest BCUT2D eigenvalue weighted by molar-refractivity contribution is 0.0605. The van der Waals surface area contributed by atoms with Crippen LogP contribution in [0.4, 0.5) is 4.39 Å². The Hall–Kier alpha value is -3.60. The third kappa shape index (κ3) is 6.21. The number of rotatable bonds is 9. The predicted molar refractivity (Wildman–Crippen MR) is 191 cm³/mol. The molecule has 3 atom stereocenters. The van der Waals surface area contributed by atoms with Crippen LogP contribution in [0.5, 0.6) is 0 Å². The van der Waals surface area contributed by atoms with Gasteiger partial charge in [0.2, 0.25) is 10.0 Å². The third-order valence-corrected chi connectivity index (χ3v) is 13.4. The Morgan fingerprint density at radius 2 is 1.67 bits per heavy atom. The topological polar surface area (TPSA) is 87.5 Å². The molecule has 49 heavy (non-hydrogen) atoms. The first-order valence-corrected chi connectivity index (χ1v) is 19.3. The zero-order chi connectivity index (χ0) is 34.5. The van der Waals surface area contributed by atoms with Crippen LogP contribution in [0.3, 0.4) is 0 Å². The summed E-state index contributed by atoms with van der Waals surface area (Å²) in [7, 11) is -3.72. The molecule has 3 fully saturated rings. The maximum Gasteiger partial charge on any atom is 0.254 e. The van der Waals surface area contributed by atoms with E-state index in [4.69, 9.17) is 4.98 Å². The van der Waals surface area contributed by atoms with Gasteiger partial charge in [-0.3, -0.25) is 9.69 Å². The van der Waals surface area contributed by atoms with Gasteiger partial charge < -0.3 is 9.47 Å². The predicted octanol–water partition coefficient (Wildman–Crippen LogP) is 6.83. The summed E-state index contributed by atoms with van der Waals surface area (Å²) in [5, 5.41) is 0. The Bertz CT molecular complexity index is 1970. The summed E-state index contributed by atoms with van der Waals surface area (Å²) >= 11 is 0. The highest BCUT2D eigenvalue weighted by molar-refractivity contribution is 7.89. The average molecular weight is 686 g/mol. The lowest BCUT2D eigenvalue weighted by atomic mass is 9.70. The first kappa shape index (κ1) is 33.9. The maximum atomic E-state index is 14.7. The summed E-state index contributed by atoms with van der Waals surface area (Å²) in [6.07, 6.45) is 6.95. The number of para-hydroxylation sites is 2. The molecule has 0 saturated carbocycles. The molecular weight excluding hydrogens is 638 g/mol. The molecule has 4 aromatic rings. The van der Waals surface area contributed by atoms with E-state index in [-0.39, 0.29) is 28.6 Å². The van der Waals surface area contributed by atoms with Gasteiger partial charge in [0.15, 0.2) is 0 Å². The summed E-state index contributed by atoms with van der Waals surface area (Å²) in [4.78, 5) is 23.6. The van der Waals surface area contributed by atoms with Crippen LogP contribution in [0.1, 0.15) is 90.8 Å². The van der Waals surface area contributed by atoms with Crippen molar-refractivity contribution in [2.24, 2.45) is 0 Å². The molecule has 0 radical (unpaired) electrons. The lowest BCUT2D eigenvalue weighted by Gasteiger charge is -2.46. The number of halogens is 1. The number of likely N-dealkylation sites (tertiary alicyclic amines) is 1. The van der Waals surface area contributed by atoms with Gasteiger partial charge in [-0.05, 0) is 125 Å². The molecule has 8 nitrogen and oxygen atoms in total. The highest BCUT2D eigenvalue weighted by atomic mass is 32.2. The minimum Gasteiger partial charge on any atom is -0.339 e. The van der Waals surface area contributed by atoms with Crippen LogP contribution in [-0.4, -0.2) is 71.9 Å². The minimum atomic E-state index is -3.72. The summed E-state index contributed by atoms with van der Waals surface area (Å²) < 4.78 is 45.5. The van der Waals surface area contributed by atoms with Crippen molar-refractivity contribution in [2.75, 3.05) is 26.2 Å². The van der Waals surface area contributed by atoms with Crippen LogP contribution in [0.25, 0.3) is 11.0 Å². The summed E-state index contributed by atoms with van der Waals surface area (Å²) in [6.45, 7) is 9.72. The fourth-order valence-corrected chi connectivity index (χ4v) is 10.6. The normalized spacial score (nSPS) is 22.6. The minimum absolute atomic E-state index is 0.140. The van der Waals surface area contributed by atoms with Crippen molar-refractivity contribution in [2.45, 2.75) is 101 Å². The number of aryl methyl sites for hydroxylation is 2. The van der Waals surface area contributed by atoms with E-state index in [1.165, 1.54) is 24.4 Å². The number of amides is 1. The van der Waals surface area contributed by atoms with Gasteiger partial charge in [0, 0.05) is 43.3 Å². The highest BCUT2D eigenvalue weighted by Crippen LogP contribution is 2.45. The molecule has 3 saturated heterocycles. The van der Waals surface area contributed by atoms with Gasteiger partial charge in [-0.25, -0.2) is 22.5 Å². The number of hydrogen-bond acceptors (Lipinski definition) is 5. The molecule has 1 N–H and O–H groups in total. The van der Waals surface area contributed by atoms with E-state index in [1.54, 1.807) is 38.1 Å². The number of carbonyl (C=O) groups is 1. The van der Waals surface area contributed by atoms with Crippen molar-refractivity contribution in [3.8, 4) is 0 Å². The smallest absolute Gasteiger partial charge is 0.254 e. The fourth-order valence-electron chi connectivity index (χ4n) is 9.30. The Morgan fingerprint density at radius 3 is 2.37 bits per heavy atom. The quantitative estimate of drug-likeness (QED) is 0.209. The van der Waals surface area contributed by atoms with Crippen LogP contribution in [0.2, 0.25) is 0 Å². The molecule has 7 rings (SSSR count). The molecule has 3 aliphatic heterocycles. The third-order valence-electron chi connectivity index (χ3n) is 11.8. The van der Waals surface area contributed by atoms with Gasteiger partial charge in [0.25, 0.3) is 5.91 Å². The second-order valence-electron chi connectivity index (χ2n) is 14.5. The molecule has 3 aromatic carbocycles. The fraction of sp³-hybridized carbons (Fsp3) is 0.487. The molecule has 4 heterocycles. The Kier molecular flexibility index (Phi) is 9.17. The zero-order valence-corrected chi connectivity index (χ0v) is 29.9. The molecule has 10 heteroatoms. The van der Waals surface area contributed by atoms with E-state index in [0.717, 1.165) is 61.1 Å². The Morgan fingerprint density at radius 1 is 0.959 bits per heavy atom. The SMILES string of the molecule is CCNS(=O)(=O)c1ccc(C)c(C(=O)N2CCC(CCN3[C@@H]4CC[C@H]3CC(n3c(C)nc5ccccc53)C4)(c3cccc(F)c3)CC2)c1C. The van der Waals surface area contributed by atoms with Crippen LogP contribution < -0.4 is 4.72 Å². The van der Waals surface area contributed by atoms with Crippen LogP contribution in [0.15, 0.2) is 65.6 Å². The van der Waals surface area contributed by atoms with Crippen LogP contribution >= 0.6 is 0 Å². The molecule has 1 amide bonds. The molecule has 2 bridgehead atoms. The van der Waals surface area contributed by atoms with Crippen LogP contribution in [-0.2, 0) is 15.4 Å². The molecule has 3 aliphatic rings.